The van der Waals surface area contributed by atoms with Crippen LogP contribution in [-0.2, 0) is 4.74 Å². The first kappa shape index (κ1) is 15.1. The van der Waals surface area contributed by atoms with Crippen molar-refractivity contribution in [2.24, 2.45) is 5.92 Å². The Labute approximate surface area is 130 Å². The summed E-state index contributed by atoms with van der Waals surface area (Å²) in [5, 5.41) is 0. The third-order valence-electron chi connectivity index (χ3n) is 4.22. The molecule has 0 radical (unpaired) electrons. The van der Waals surface area contributed by atoms with Crippen molar-refractivity contribution in [2.75, 3.05) is 19.7 Å². The van der Waals surface area contributed by atoms with E-state index in [1.54, 1.807) is 11.0 Å². The van der Waals surface area contributed by atoms with Gasteiger partial charge in [0.05, 0.1) is 6.61 Å². The minimum absolute atomic E-state index is 0.112. The number of amides is 1. The highest BCUT2D eigenvalue weighted by molar-refractivity contribution is 5.69. The third kappa shape index (κ3) is 2.89. The number of halogens is 1. The molecule has 1 saturated heterocycles. The Balaban J connectivity index is 1.82. The van der Waals surface area contributed by atoms with Crippen molar-refractivity contribution >= 4 is 6.09 Å². The number of ether oxygens (including phenoxy) is 2. The smallest absolute Gasteiger partial charge is 0.410 e. The van der Waals surface area contributed by atoms with E-state index >= 15 is 0 Å². The standard InChI is InChI=1S/C17H22FNO3/c1-17(2,3)22-16(20)19-9-11-7-8-21-15-12(13(11)10-19)5-4-6-14(15)18/h4-6,11,13H,7-10H2,1-3H3/t11-,13-/m0/s1. The van der Waals surface area contributed by atoms with Crippen LogP contribution in [0.1, 0.15) is 38.7 Å². The fourth-order valence-corrected chi connectivity index (χ4v) is 3.27. The Hall–Kier alpha value is -1.78. The number of carbonyl (C=O) groups is 1. The molecule has 0 aromatic heterocycles. The van der Waals surface area contributed by atoms with Gasteiger partial charge in [-0.05, 0) is 39.2 Å². The second-order valence-corrected chi connectivity index (χ2v) is 7.05. The molecule has 2 atom stereocenters. The van der Waals surface area contributed by atoms with E-state index in [0.717, 1.165) is 12.0 Å². The molecule has 1 fully saturated rings. The summed E-state index contributed by atoms with van der Waals surface area (Å²) in [4.78, 5) is 14.0. The molecular weight excluding hydrogens is 285 g/mol. The Kier molecular flexibility index (Phi) is 3.75. The third-order valence-corrected chi connectivity index (χ3v) is 4.22. The van der Waals surface area contributed by atoms with E-state index in [1.807, 2.05) is 26.8 Å². The topological polar surface area (TPSA) is 38.8 Å². The lowest BCUT2D eigenvalue weighted by molar-refractivity contribution is 0.0284. The van der Waals surface area contributed by atoms with E-state index in [-0.39, 0.29) is 23.7 Å². The Morgan fingerprint density at radius 2 is 2.14 bits per heavy atom. The SMILES string of the molecule is CC(C)(C)OC(=O)N1C[C@@H]2CCOc3c(F)cccc3[C@H]2C1. The molecule has 0 unspecified atom stereocenters. The fraction of sp³-hybridized carbons (Fsp3) is 0.588. The van der Waals surface area contributed by atoms with E-state index in [9.17, 15) is 9.18 Å². The monoisotopic (exact) mass is 307 g/mol. The van der Waals surface area contributed by atoms with Crippen LogP contribution in [0.3, 0.4) is 0 Å². The summed E-state index contributed by atoms with van der Waals surface area (Å²) in [6.07, 6.45) is 0.525. The zero-order valence-electron chi connectivity index (χ0n) is 13.3. The van der Waals surface area contributed by atoms with E-state index in [1.165, 1.54) is 6.07 Å². The van der Waals surface area contributed by atoms with E-state index < -0.39 is 5.60 Å². The van der Waals surface area contributed by atoms with E-state index in [2.05, 4.69) is 0 Å². The second kappa shape index (κ2) is 5.45. The molecule has 2 heterocycles. The van der Waals surface area contributed by atoms with Gasteiger partial charge in [0.1, 0.15) is 5.60 Å². The molecule has 0 saturated carbocycles. The minimum atomic E-state index is -0.505. The van der Waals surface area contributed by atoms with Crippen molar-refractivity contribution in [3.8, 4) is 5.75 Å². The first-order valence-electron chi connectivity index (χ1n) is 7.74. The van der Waals surface area contributed by atoms with Crippen molar-refractivity contribution < 1.29 is 18.7 Å². The molecule has 22 heavy (non-hydrogen) atoms. The number of para-hydroxylation sites is 1. The van der Waals surface area contributed by atoms with Gasteiger partial charge >= 0.3 is 6.09 Å². The molecule has 2 aliphatic rings. The van der Waals surface area contributed by atoms with Gasteiger partial charge in [-0.25, -0.2) is 9.18 Å². The van der Waals surface area contributed by atoms with Crippen LogP contribution in [0, 0.1) is 11.7 Å². The summed E-state index contributed by atoms with van der Waals surface area (Å²) >= 11 is 0. The number of rotatable bonds is 0. The normalized spacial score (nSPS) is 24.1. The predicted molar refractivity (Wildman–Crippen MR) is 80.6 cm³/mol. The molecule has 1 aromatic carbocycles. The predicted octanol–water partition coefficient (Wildman–Crippen LogP) is 3.56. The molecule has 4 nitrogen and oxygen atoms in total. The van der Waals surface area contributed by atoms with Crippen molar-refractivity contribution in [3.05, 3.63) is 29.6 Å². The summed E-state index contributed by atoms with van der Waals surface area (Å²) in [5.74, 6) is 0.422. The number of carbonyl (C=O) groups excluding carboxylic acids is 1. The van der Waals surface area contributed by atoms with Gasteiger partial charge in [0, 0.05) is 24.6 Å². The van der Waals surface area contributed by atoms with Gasteiger partial charge in [-0.15, -0.1) is 0 Å². The summed E-state index contributed by atoms with van der Waals surface area (Å²) in [7, 11) is 0. The van der Waals surface area contributed by atoms with Gasteiger partial charge in [0.25, 0.3) is 0 Å². The summed E-state index contributed by atoms with van der Waals surface area (Å²) in [5.41, 5.74) is 0.364. The van der Waals surface area contributed by atoms with Crippen LogP contribution < -0.4 is 4.74 Å². The number of fused-ring (bicyclic) bond motifs is 3. The van der Waals surface area contributed by atoms with Crippen molar-refractivity contribution in [3.63, 3.8) is 0 Å². The number of hydrogen-bond donors (Lipinski definition) is 0. The zero-order valence-corrected chi connectivity index (χ0v) is 13.3. The van der Waals surface area contributed by atoms with Crippen LogP contribution in [0.2, 0.25) is 0 Å². The first-order valence-corrected chi connectivity index (χ1v) is 7.74. The van der Waals surface area contributed by atoms with Gasteiger partial charge in [0.2, 0.25) is 0 Å². The molecule has 1 amide bonds. The molecule has 1 aromatic rings. The van der Waals surface area contributed by atoms with Crippen LogP contribution in [-0.4, -0.2) is 36.3 Å². The van der Waals surface area contributed by atoms with Crippen molar-refractivity contribution in [1.82, 2.24) is 4.90 Å². The fourth-order valence-electron chi connectivity index (χ4n) is 3.27. The van der Waals surface area contributed by atoms with Crippen molar-refractivity contribution in [2.45, 2.75) is 38.7 Å². The van der Waals surface area contributed by atoms with Gasteiger partial charge in [-0.2, -0.15) is 0 Å². The summed E-state index contributed by atoms with van der Waals surface area (Å²) in [6.45, 7) is 7.25. The highest BCUT2D eigenvalue weighted by Gasteiger charge is 2.40. The quantitative estimate of drug-likeness (QED) is 0.735. The maximum Gasteiger partial charge on any atom is 0.410 e. The average Bonchev–Trinajstić information content (AvgIpc) is 2.75. The number of benzene rings is 1. The molecule has 5 heteroatoms. The second-order valence-electron chi connectivity index (χ2n) is 7.05. The number of nitrogens with zero attached hydrogens (tertiary/aromatic N) is 1. The van der Waals surface area contributed by atoms with Gasteiger partial charge in [0.15, 0.2) is 11.6 Å². The minimum Gasteiger partial charge on any atom is -0.490 e. The first-order chi connectivity index (χ1) is 10.3. The van der Waals surface area contributed by atoms with Gasteiger partial charge < -0.3 is 14.4 Å². The molecule has 0 spiro atoms. The van der Waals surface area contributed by atoms with Crippen LogP contribution >= 0.6 is 0 Å². The summed E-state index contributed by atoms with van der Waals surface area (Å²) in [6, 6.07) is 5.02. The van der Waals surface area contributed by atoms with Crippen molar-refractivity contribution in [1.29, 1.82) is 0 Å². The zero-order chi connectivity index (χ0) is 15.9. The lowest BCUT2D eigenvalue weighted by Gasteiger charge is -2.24. The van der Waals surface area contributed by atoms with Crippen LogP contribution in [0.4, 0.5) is 9.18 Å². The van der Waals surface area contributed by atoms with Crippen LogP contribution in [0.15, 0.2) is 18.2 Å². The van der Waals surface area contributed by atoms with E-state index in [4.69, 9.17) is 9.47 Å². The van der Waals surface area contributed by atoms with Crippen LogP contribution in [0.5, 0.6) is 5.75 Å². The Bertz CT molecular complexity index is 582. The van der Waals surface area contributed by atoms with Gasteiger partial charge in [-0.1, -0.05) is 12.1 Å². The molecule has 0 bridgehead atoms. The van der Waals surface area contributed by atoms with Crippen LogP contribution in [0.25, 0.3) is 0 Å². The summed E-state index contributed by atoms with van der Waals surface area (Å²) < 4.78 is 25.0. The molecule has 0 N–H and O–H groups in total. The highest BCUT2D eigenvalue weighted by atomic mass is 19.1. The average molecular weight is 307 g/mol. The number of likely N-dealkylation sites (tertiary alicyclic amines) is 1. The van der Waals surface area contributed by atoms with Gasteiger partial charge in [-0.3, -0.25) is 0 Å². The Morgan fingerprint density at radius 3 is 2.86 bits per heavy atom. The Morgan fingerprint density at radius 1 is 1.36 bits per heavy atom. The molecule has 2 aliphatic heterocycles. The molecular formula is C17H22FNO3. The highest BCUT2D eigenvalue weighted by Crippen LogP contribution is 2.42. The maximum atomic E-state index is 14.0. The molecule has 120 valence electrons. The maximum absolute atomic E-state index is 14.0. The lowest BCUT2D eigenvalue weighted by Crippen LogP contribution is -2.35. The largest absolute Gasteiger partial charge is 0.490 e. The van der Waals surface area contributed by atoms with E-state index in [0.29, 0.717) is 25.4 Å². The molecule has 3 rings (SSSR count). The lowest BCUT2D eigenvalue weighted by atomic mass is 9.87. The molecule has 0 aliphatic carbocycles. The number of hydrogen-bond acceptors (Lipinski definition) is 3.